The molecule has 0 amide bonds. The number of allylic oxidation sites excluding steroid dienone is 2. The van der Waals surface area contributed by atoms with Crippen molar-refractivity contribution in [2.24, 2.45) is 5.41 Å². The van der Waals surface area contributed by atoms with Gasteiger partial charge in [0.2, 0.25) is 0 Å². The van der Waals surface area contributed by atoms with Crippen LogP contribution in [0, 0.1) is 5.41 Å². The molecule has 0 unspecified atom stereocenters. The van der Waals surface area contributed by atoms with Crippen LogP contribution in [-0.2, 0) is 4.79 Å². The number of halogens is 1. The van der Waals surface area contributed by atoms with Crippen LogP contribution in [0.4, 0.5) is 5.69 Å². The van der Waals surface area contributed by atoms with Crippen molar-refractivity contribution in [1.29, 1.82) is 0 Å². The Morgan fingerprint density at radius 2 is 2.12 bits per heavy atom. The number of carbonyl (C=O) groups is 1. The second kappa shape index (κ2) is 4.65. The highest BCUT2D eigenvalue weighted by molar-refractivity contribution is 9.10. The molecule has 0 atom stereocenters. The molecule has 0 heterocycles. The molecule has 2 nitrogen and oxygen atoms in total. The summed E-state index contributed by atoms with van der Waals surface area (Å²) in [6, 6.07) is 7.84. The first kappa shape index (κ1) is 12.4. The largest absolute Gasteiger partial charge is 0.353 e. The van der Waals surface area contributed by atoms with Crippen molar-refractivity contribution in [3.8, 4) is 0 Å². The van der Waals surface area contributed by atoms with E-state index in [-0.39, 0.29) is 11.2 Å². The zero-order valence-electron chi connectivity index (χ0n) is 10.1. The van der Waals surface area contributed by atoms with Crippen LogP contribution in [0.25, 0.3) is 0 Å². The Hall–Kier alpha value is -1.09. The number of hydrogen-bond acceptors (Lipinski definition) is 2. The first-order chi connectivity index (χ1) is 7.96. The van der Waals surface area contributed by atoms with Gasteiger partial charge in [-0.25, -0.2) is 0 Å². The summed E-state index contributed by atoms with van der Waals surface area (Å²) in [5.74, 6) is 0.196. The third-order valence-electron chi connectivity index (χ3n) is 2.90. The fourth-order valence-corrected chi connectivity index (χ4v) is 2.34. The van der Waals surface area contributed by atoms with Gasteiger partial charge in [0, 0.05) is 16.6 Å². The molecule has 0 radical (unpaired) electrons. The highest BCUT2D eigenvalue weighted by Crippen LogP contribution is 2.32. The standard InChI is InChI=1S/C14H16BrNO/c1-14(2)7-6-12(13(17)9-14)16-11-5-3-4-10(15)8-11/h3-6,8,16H,7,9H2,1-2H3. The molecule has 2 rings (SSSR count). The second-order valence-electron chi connectivity index (χ2n) is 5.22. The minimum atomic E-state index is 0.0968. The first-order valence-corrected chi connectivity index (χ1v) is 6.52. The predicted octanol–water partition coefficient (Wildman–Crippen LogP) is 4.13. The lowest BCUT2D eigenvalue weighted by molar-refractivity contribution is -0.117. The summed E-state index contributed by atoms with van der Waals surface area (Å²) in [4.78, 5) is 12.0. The molecule has 0 spiro atoms. The van der Waals surface area contributed by atoms with E-state index in [2.05, 4.69) is 35.1 Å². The van der Waals surface area contributed by atoms with Crippen LogP contribution in [0.15, 0.2) is 40.5 Å². The monoisotopic (exact) mass is 293 g/mol. The number of Topliss-reactive ketones (excluding diaryl/α,β-unsaturated/α-hetero) is 1. The number of anilines is 1. The van der Waals surface area contributed by atoms with Crippen LogP contribution >= 0.6 is 15.9 Å². The molecule has 0 aliphatic heterocycles. The van der Waals surface area contributed by atoms with Gasteiger partial charge in [-0.3, -0.25) is 4.79 Å². The van der Waals surface area contributed by atoms with Gasteiger partial charge in [0.15, 0.2) is 5.78 Å². The lowest BCUT2D eigenvalue weighted by atomic mass is 9.79. The maximum atomic E-state index is 12.0. The number of rotatable bonds is 2. The van der Waals surface area contributed by atoms with Gasteiger partial charge >= 0.3 is 0 Å². The van der Waals surface area contributed by atoms with Crippen LogP contribution in [-0.4, -0.2) is 5.78 Å². The Morgan fingerprint density at radius 1 is 1.35 bits per heavy atom. The molecule has 1 aliphatic rings. The lowest BCUT2D eigenvalue weighted by Crippen LogP contribution is -2.25. The summed E-state index contributed by atoms with van der Waals surface area (Å²) in [5.41, 5.74) is 1.76. The third-order valence-corrected chi connectivity index (χ3v) is 3.40. The van der Waals surface area contributed by atoms with Crippen molar-refractivity contribution in [1.82, 2.24) is 0 Å². The minimum Gasteiger partial charge on any atom is -0.353 e. The Morgan fingerprint density at radius 3 is 2.76 bits per heavy atom. The highest BCUT2D eigenvalue weighted by atomic mass is 79.9. The molecule has 90 valence electrons. The molecule has 1 aromatic rings. The van der Waals surface area contributed by atoms with Gasteiger partial charge in [-0.2, -0.15) is 0 Å². The molecule has 0 saturated carbocycles. The van der Waals surface area contributed by atoms with E-state index in [4.69, 9.17) is 0 Å². The molecule has 1 aliphatic carbocycles. The zero-order chi connectivity index (χ0) is 12.5. The zero-order valence-corrected chi connectivity index (χ0v) is 11.7. The van der Waals surface area contributed by atoms with Crippen molar-refractivity contribution in [2.75, 3.05) is 5.32 Å². The maximum absolute atomic E-state index is 12.0. The molecule has 0 bridgehead atoms. The third kappa shape index (κ3) is 3.19. The SMILES string of the molecule is CC1(C)CC=C(Nc2cccc(Br)c2)C(=O)C1. The van der Waals surface area contributed by atoms with Crippen LogP contribution in [0.5, 0.6) is 0 Å². The number of benzene rings is 1. The summed E-state index contributed by atoms with van der Waals surface area (Å²) in [5, 5.41) is 3.19. The molecule has 1 N–H and O–H groups in total. The average Bonchev–Trinajstić information content (AvgIpc) is 2.22. The first-order valence-electron chi connectivity index (χ1n) is 5.72. The fourth-order valence-electron chi connectivity index (χ4n) is 1.94. The molecule has 0 aromatic heterocycles. The van der Waals surface area contributed by atoms with Crippen LogP contribution in [0.2, 0.25) is 0 Å². The quantitative estimate of drug-likeness (QED) is 0.888. The highest BCUT2D eigenvalue weighted by Gasteiger charge is 2.27. The van der Waals surface area contributed by atoms with Crippen molar-refractivity contribution in [3.63, 3.8) is 0 Å². The van der Waals surface area contributed by atoms with Crippen molar-refractivity contribution >= 4 is 27.4 Å². The molecule has 1 aromatic carbocycles. The van der Waals surface area contributed by atoms with Gasteiger partial charge in [0.1, 0.15) is 0 Å². The summed E-state index contributed by atoms with van der Waals surface area (Å²) in [6.45, 7) is 4.24. The van der Waals surface area contributed by atoms with E-state index in [1.807, 2.05) is 30.3 Å². The Kier molecular flexibility index (Phi) is 3.38. The van der Waals surface area contributed by atoms with E-state index in [9.17, 15) is 4.79 Å². The Balaban J connectivity index is 2.15. The number of carbonyl (C=O) groups excluding carboxylic acids is 1. The summed E-state index contributed by atoms with van der Waals surface area (Å²) >= 11 is 3.42. The topological polar surface area (TPSA) is 29.1 Å². The maximum Gasteiger partial charge on any atom is 0.179 e. The minimum absolute atomic E-state index is 0.0968. The van der Waals surface area contributed by atoms with Gasteiger partial charge in [0.25, 0.3) is 0 Å². The summed E-state index contributed by atoms with van der Waals surface area (Å²) in [6.07, 6.45) is 3.56. The van der Waals surface area contributed by atoms with Crippen molar-refractivity contribution in [2.45, 2.75) is 26.7 Å². The molecule has 17 heavy (non-hydrogen) atoms. The van der Waals surface area contributed by atoms with Crippen molar-refractivity contribution < 1.29 is 4.79 Å². The number of nitrogens with one attached hydrogen (secondary N) is 1. The number of hydrogen-bond donors (Lipinski definition) is 1. The van der Waals surface area contributed by atoms with Gasteiger partial charge in [-0.1, -0.05) is 41.9 Å². The number of ketones is 1. The van der Waals surface area contributed by atoms with Crippen molar-refractivity contribution in [3.05, 3.63) is 40.5 Å². The van der Waals surface area contributed by atoms with Gasteiger partial charge in [-0.05, 0) is 30.0 Å². The van der Waals surface area contributed by atoms with Crippen LogP contribution < -0.4 is 5.32 Å². The van der Waals surface area contributed by atoms with E-state index in [0.29, 0.717) is 6.42 Å². The van der Waals surface area contributed by atoms with E-state index in [1.165, 1.54) is 0 Å². The smallest absolute Gasteiger partial charge is 0.179 e. The fraction of sp³-hybridized carbons (Fsp3) is 0.357. The van der Waals surface area contributed by atoms with Gasteiger partial charge < -0.3 is 5.32 Å². The van der Waals surface area contributed by atoms with E-state index >= 15 is 0 Å². The lowest BCUT2D eigenvalue weighted by Gasteiger charge is -2.27. The second-order valence-corrected chi connectivity index (χ2v) is 6.14. The summed E-state index contributed by atoms with van der Waals surface area (Å²) < 4.78 is 1.01. The summed E-state index contributed by atoms with van der Waals surface area (Å²) in [7, 11) is 0. The normalized spacial score (nSPS) is 18.8. The molecule has 0 saturated heterocycles. The van der Waals surface area contributed by atoms with Gasteiger partial charge in [-0.15, -0.1) is 0 Å². The average molecular weight is 294 g/mol. The Labute approximate surface area is 110 Å². The molecule has 0 fully saturated rings. The van der Waals surface area contributed by atoms with Crippen LogP contribution in [0.3, 0.4) is 0 Å². The van der Waals surface area contributed by atoms with E-state index in [0.717, 1.165) is 22.3 Å². The molecular formula is C14H16BrNO. The Bertz CT molecular complexity index is 477. The van der Waals surface area contributed by atoms with E-state index in [1.54, 1.807) is 0 Å². The molecule has 3 heteroatoms. The van der Waals surface area contributed by atoms with E-state index < -0.39 is 0 Å². The predicted molar refractivity (Wildman–Crippen MR) is 73.9 cm³/mol. The van der Waals surface area contributed by atoms with Crippen LogP contribution in [0.1, 0.15) is 26.7 Å². The molecular weight excluding hydrogens is 278 g/mol. The van der Waals surface area contributed by atoms with Gasteiger partial charge in [0.05, 0.1) is 5.70 Å².